The summed E-state index contributed by atoms with van der Waals surface area (Å²) >= 11 is 11.7. The lowest BCUT2D eigenvalue weighted by Gasteiger charge is -2.13. The molecule has 33 heavy (non-hydrogen) atoms. The Morgan fingerprint density at radius 1 is 1.09 bits per heavy atom. The molecule has 0 saturated heterocycles. The number of nitro groups is 1. The summed E-state index contributed by atoms with van der Waals surface area (Å²) in [5.74, 6) is -4.31. The maximum Gasteiger partial charge on any atom is 0.325 e. The second-order valence-corrected chi connectivity index (χ2v) is 7.48. The van der Waals surface area contributed by atoms with Gasteiger partial charge in [-0.1, -0.05) is 29.3 Å². The first-order valence-electron chi connectivity index (χ1n) is 9.14. The monoisotopic (exact) mass is 493 g/mol. The molecule has 0 bridgehead atoms. The highest BCUT2D eigenvalue weighted by Gasteiger charge is 2.41. The lowest BCUT2D eigenvalue weighted by Crippen LogP contribution is -2.42. The van der Waals surface area contributed by atoms with Gasteiger partial charge in [-0.3, -0.25) is 39.0 Å². The molecule has 0 saturated carbocycles. The van der Waals surface area contributed by atoms with Crippen LogP contribution in [-0.4, -0.2) is 59.0 Å². The van der Waals surface area contributed by atoms with Gasteiger partial charge in [-0.2, -0.15) is 0 Å². The average molecular weight is 494 g/mol. The molecule has 0 radical (unpaired) electrons. The quantitative estimate of drug-likeness (QED) is 0.192. The second kappa shape index (κ2) is 9.76. The Morgan fingerprint density at radius 3 is 2.48 bits per heavy atom. The third kappa shape index (κ3) is 5.16. The van der Waals surface area contributed by atoms with Gasteiger partial charge in [0.1, 0.15) is 18.7 Å². The molecule has 1 heterocycles. The maximum atomic E-state index is 12.4. The zero-order valence-electron chi connectivity index (χ0n) is 16.5. The molecule has 3 rings (SSSR count). The Morgan fingerprint density at radius 2 is 1.82 bits per heavy atom. The molecule has 3 amide bonds. The van der Waals surface area contributed by atoms with E-state index in [0.29, 0.717) is 9.92 Å². The number of halogens is 2. The number of nitrogens with one attached hydrogen (secondary N) is 1. The zero-order valence-corrected chi connectivity index (χ0v) is 18.0. The van der Waals surface area contributed by atoms with Crippen LogP contribution in [0.1, 0.15) is 31.1 Å². The largest absolute Gasteiger partial charge is 0.456 e. The molecule has 11 nitrogen and oxygen atoms in total. The highest BCUT2D eigenvalue weighted by atomic mass is 35.5. The number of fused-ring (bicyclic) bond motifs is 1. The van der Waals surface area contributed by atoms with Crippen molar-refractivity contribution in [1.82, 2.24) is 10.2 Å². The van der Waals surface area contributed by atoms with Crippen LogP contribution < -0.4 is 5.32 Å². The van der Waals surface area contributed by atoms with Crippen LogP contribution in [0.2, 0.25) is 10.0 Å². The predicted molar refractivity (Wildman–Crippen MR) is 113 cm³/mol. The number of hydrogen-bond donors (Lipinski definition) is 1. The summed E-state index contributed by atoms with van der Waals surface area (Å²) in [6.45, 7) is -2.06. The molecule has 13 heteroatoms. The first-order valence-corrected chi connectivity index (χ1v) is 9.90. The van der Waals surface area contributed by atoms with Gasteiger partial charge in [0.15, 0.2) is 6.61 Å². The number of Topliss-reactive ketones (excluding diaryl/α,β-unsaturated/α-hetero) is 1. The van der Waals surface area contributed by atoms with Crippen LogP contribution in [0.4, 0.5) is 5.69 Å². The van der Waals surface area contributed by atoms with Crippen molar-refractivity contribution in [3.63, 3.8) is 0 Å². The lowest BCUT2D eigenvalue weighted by molar-refractivity contribution is -0.385. The molecule has 0 atom stereocenters. The predicted octanol–water partition coefficient (Wildman–Crippen LogP) is 2.04. The highest BCUT2D eigenvalue weighted by molar-refractivity contribution is 6.36. The Hall–Kier alpha value is -3.83. The fourth-order valence-electron chi connectivity index (χ4n) is 2.97. The van der Waals surface area contributed by atoms with Crippen molar-refractivity contribution in [2.24, 2.45) is 0 Å². The van der Waals surface area contributed by atoms with Crippen LogP contribution in [0, 0.1) is 10.1 Å². The van der Waals surface area contributed by atoms with Crippen LogP contribution in [-0.2, 0) is 14.3 Å². The van der Waals surface area contributed by atoms with Crippen LogP contribution in [0.15, 0.2) is 36.4 Å². The number of esters is 1. The molecule has 0 unspecified atom stereocenters. The molecule has 2 aromatic carbocycles. The topological polar surface area (TPSA) is 153 Å². The number of ketones is 1. The second-order valence-electron chi connectivity index (χ2n) is 6.64. The molecule has 2 aromatic rings. The smallest absolute Gasteiger partial charge is 0.325 e. The summed E-state index contributed by atoms with van der Waals surface area (Å²) in [5.41, 5.74) is -1.06. The average Bonchev–Trinajstić information content (AvgIpc) is 3.00. The van der Waals surface area contributed by atoms with Gasteiger partial charge in [0, 0.05) is 16.7 Å². The summed E-state index contributed by atoms with van der Waals surface area (Å²) in [6.07, 6.45) is 0. The number of imide groups is 1. The van der Waals surface area contributed by atoms with Gasteiger partial charge >= 0.3 is 5.97 Å². The number of carbonyl (C=O) groups is 5. The first kappa shape index (κ1) is 23.8. The minimum Gasteiger partial charge on any atom is -0.456 e. The van der Waals surface area contributed by atoms with Gasteiger partial charge in [0.2, 0.25) is 11.7 Å². The van der Waals surface area contributed by atoms with Crippen molar-refractivity contribution in [3.8, 4) is 0 Å². The molecule has 0 aromatic heterocycles. The van der Waals surface area contributed by atoms with Crippen molar-refractivity contribution in [2.75, 3.05) is 19.7 Å². The minimum atomic E-state index is -0.995. The molecule has 1 aliphatic heterocycles. The Labute approximate surface area is 195 Å². The van der Waals surface area contributed by atoms with Crippen LogP contribution in [0.3, 0.4) is 0 Å². The number of hydrogen-bond acceptors (Lipinski definition) is 8. The fraction of sp³-hybridized carbons (Fsp3) is 0.150. The standard InChI is InChI=1S/C20H13Cl2N3O8/c21-10-4-5-11(13(22)6-10)15(26)9-33-17(28)7-23-16(27)8-24-19(29)12-2-1-3-14(25(31)32)18(12)20(24)30/h1-6H,7-9H2,(H,23,27). The summed E-state index contributed by atoms with van der Waals surface area (Å²) in [5, 5.41) is 13.7. The van der Waals surface area contributed by atoms with E-state index in [1.807, 2.05) is 0 Å². The van der Waals surface area contributed by atoms with E-state index in [9.17, 15) is 34.1 Å². The van der Waals surface area contributed by atoms with Crippen LogP contribution >= 0.6 is 23.2 Å². The van der Waals surface area contributed by atoms with Crippen molar-refractivity contribution in [3.05, 3.63) is 73.2 Å². The summed E-state index contributed by atoms with van der Waals surface area (Å²) < 4.78 is 4.78. The van der Waals surface area contributed by atoms with Crippen molar-refractivity contribution < 1.29 is 33.6 Å². The SMILES string of the molecule is O=C(CN1C(=O)c2cccc([N+](=O)[O-])c2C1=O)NCC(=O)OCC(=O)c1ccc(Cl)cc1Cl. The van der Waals surface area contributed by atoms with E-state index < -0.39 is 65.3 Å². The van der Waals surface area contributed by atoms with Crippen LogP contribution in [0.25, 0.3) is 0 Å². The van der Waals surface area contributed by atoms with E-state index in [1.54, 1.807) is 0 Å². The number of amides is 3. The minimum absolute atomic E-state index is 0.0815. The molecule has 1 N–H and O–H groups in total. The number of ether oxygens (including phenoxy) is 1. The molecular formula is C20H13Cl2N3O8. The van der Waals surface area contributed by atoms with Gasteiger partial charge in [-0.15, -0.1) is 0 Å². The zero-order chi connectivity index (χ0) is 24.3. The third-order valence-corrected chi connectivity index (χ3v) is 5.05. The highest BCUT2D eigenvalue weighted by Crippen LogP contribution is 2.30. The van der Waals surface area contributed by atoms with Crippen molar-refractivity contribution >= 4 is 58.4 Å². The van der Waals surface area contributed by atoms with Gasteiger partial charge in [0.05, 0.1) is 15.5 Å². The van der Waals surface area contributed by atoms with Crippen LogP contribution in [0.5, 0.6) is 0 Å². The number of carbonyl (C=O) groups excluding carboxylic acids is 5. The molecule has 0 spiro atoms. The number of benzene rings is 2. The van der Waals surface area contributed by atoms with E-state index in [4.69, 9.17) is 27.9 Å². The molecule has 170 valence electrons. The first-order chi connectivity index (χ1) is 15.6. The number of rotatable bonds is 8. The Balaban J connectivity index is 1.52. The lowest BCUT2D eigenvalue weighted by atomic mass is 10.1. The van der Waals surface area contributed by atoms with Gasteiger partial charge in [-0.05, 0) is 24.3 Å². The van der Waals surface area contributed by atoms with E-state index >= 15 is 0 Å². The van der Waals surface area contributed by atoms with E-state index in [0.717, 1.165) is 6.07 Å². The molecular weight excluding hydrogens is 481 g/mol. The van der Waals surface area contributed by atoms with E-state index in [1.165, 1.54) is 30.3 Å². The maximum absolute atomic E-state index is 12.4. The van der Waals surface area contributed by atoms with Gasteiger partial charge in [0.25, 0.3) is 17.5 Å². The normalized spacial score (nSPS) is 12.4. The fourth-order valence-corrected chi connectivity index (χ4v) is 3.49. The van der Waals surface area contributed by atoms with Gasteiger partial charge in [-0.25, -0.2) is 0 Å². The van der Waals surface area contributed by atoms with E-state index in [-0.39, 0.29) is 16.1 Å². The summed E-state index contributed by atoms with van der Waals surface area (Å²) in [4.78, 5) is 71.7. The Kier molecular flexibility index (Phi) is 7.04. The summed E-state index contributed by atoms with van der Waals surface area (Å²) in [6, 6.07) is 7.72. The Bertz CT molecular complexity index is 1210. The van der Waals surface area contributed by atoms with E-state index in [2.05, 4.69) is 5.32 Å². The van der Waals surface area contributed by atoms with Gasteiger partial charge < -0.3 is 10.1 Å². The van der Waals surface area contributed by atoms with Crippen molar-refractivity contribution in [1.29, 1.82) is 0 Å². The van der Waals surface area contributed by atoms with Crippen molar-refractivity contribution in [2.45, 2.75) is 0 Å². The molecule has 0 fully saturated rings. The third-order valence-electron chi connectivity index (χ3n) is 4.50. The molecule has 1 aliphatic rings. The summed E-state index contributed by atoms with van der Waals surface area (Å²) in [7, 11) is 0. The number of nitrogens with zero attached hydrogens (tertiary/aromatic N) is 2. The number of nitro benzene ring substituents is 1. The molecule has 0 aliphatic carbocycles.